The quantitative estimate of drug-likeness (QED) is 0.415. The lowest BCUT2D eigenvalue weighted by molar-refractivity contribution is -0.141. The molecule has 2 heteroatoms. The first kappa shape index (κ1) is 12.2. The second kappa shape index (κ2) is 3.86. The largest absolute Gasteiger partial charge is 0.458 e. The van der Waals surface area contributed by atoms with E-state index in [1.807, 2.05) is 13.0 Å². The average molecular weight is 232 g/mol. The molecule has 0 aromatic rings. The van der Waals surface area contributed by atoms with Gasteiger partial charge in [0.15, 0.2) is 0 Å². The third-order valence-electron chi connectivity index (χ3n) is 4.40. The van der Waals surface area contributed by atoms with Crippen LogP contribution in [0.2, 0.25) is 0 Å². The number of esters is 1. The molecule has 1 aliphatic heterocycles. The summed E-state index contributed by atoms with van der Waals surface area (Å²) in [7, 11) is 0. The Morgan fingerprint density at radius 1 is 1.59 bits per heavy atom. The molecule has 0 spiro atoms. The number of hydrogen-bond acceptors (Lipinski definition) is 2. The summed E-state index contributed by atoms with van der Waals surface area (Å²) in [6.45, 7) is 16.1. The van der Waals surface area contributed by atoms with E-state index in [0.717, 1.165) is 18.4 Å². The van der Waals surface area contributed by atoms with Gasteiger partial charge in [0.1, 0.15) is 6.10 Å². The van der Waals surface area contributed by atoms with Crippen molar-refractivity contribution in [3.8, 4) is 0 Å². The lowest BCUT2D eigenvalue weighted by Crippen LogP contribution is -2.40. The zero-order valence-electron chi connectivity index (χ0n) is 10.7. The van der Waals surface area contributed by atoms with Gasteiger partial charge in [0.2, 0.25) is 0 Å². The fraction of sp³-hybridized carbons (Fsp3) is 0.533. The lowest BCUT2D eigenvalue weighted by Gasteiger charge is -2.44. The van der Waals surface area contributed by atoms with Crippen LogP contribution in [0.1, 0.15) is 26.7 Å². The van der Waals surface area contributed by atoms with Crippen molar-refractivity contribution in [3.63, 3.8) is 0 Å². The van der Waals surface area contributed by atoms with Crippen LogP contribution < -0.4 is 0 Å². The van der Waals surface area contributed by atoms with Crippen molar-refractivity contribution < 1.29 is 9.53 Å². The maximum atomic E-state index is 11.5. The Hall–Kier alpha value is -1.31. The Bertz CT molecular complexity index is 407. The predicted octanol–water partition coefficient (Wildman–Crippen LogP) is 3.26. The number of allylic oxidation sites excluding steroid dienone is 2. The minimum atomic E-state index is -0.228. The average Bonchev–Trinajstić information content (AvgIpc) is 2.53. The summed E-state index contributed by atoms with van der Waals surface area (Å²) in [4.78, 5) is 11.5. The molecule has 0 aromatic heterocycles. The van der Waals surface area contributed by atoms with Crippen LogP contribution in [0.15, 0.2) is 37.0 Å². The van der Waals surface area contributed by atoms with Crippen LogP contribution in [0.4, 0.5) is 0 Å². The summed E-state index contributed by atoms with van der Waals surface area (Å²) < 4.78 is 5.39. The smallest absolute Gasteiger partial charge is 0.334 e. The molecule has 0 aromatic carbocycles. The number of carbonyl (C=O) groups excluding carboxylic acids is 1. The van der Waals surface area contributed by atoms with Crippen LogP contribution in [0.5, 0.6) is 0 Å². The minimum absolute atomic E-state index is 0.0198. The highest BCUT2D eigenvalue weighted by Gasteiger charge is 2.50. The molecule has 92 valence electrons. The van der Waals surface area contributed by atoms with Gasteiger partial charge in [-0.15, -0.1) is 6.58 Å². The maximum absolute atomic E-state index is 11.5. The van der Waals surface area contributed by atoms with Crippen molar-refractivity contribution in [2.45, 2.75) is 32.8 Å². The Kier molecular flexibility index (Phi) is 2.76. The summed E-state index contributed by atoms with van der Waals surface area (Å²) in [5.74, 6) is 0.290. The van der Waals surface area contributed by atoms with Crippen molar-refractivity contribution in [1.29, 1.82) is 0 Å². The highest BCUT2D eigenvalue weighted by Crippen LogP contribution is 2.51. The normalized spacial score (nSPS) is 40.7. The van der Waals surface area contributed by atoms with E-state index < -0.39 is 0 Å². The molecule has 1 heterocycles. The van der Waals surface area contributed by atoms with E-state index in [1.165, 1.54) is 0 Å². The minimum Gasteiger partial charge on any atom is -0.458 e. The molecule has 0 unspecified atom stereocenters. The topological polar surface area (TPSA) is 26.3 Å². The Labute approximate surface area is 103 Å². The summed E-state index contributed by atoms with van der Waals surface area (Å²) in [6.07, 6.45) is 3.68. The van der Waals surface area contributed by atoms with Crippen LogP contribution in [-0.4, -0.2) is 12.1 Å². The molecular weight excluding hydrogens is 212 g/mol. The van der Waals surface area contributed by atoms with Crippen molar-refractivity contribution in [3.05, 3.63) is 37.0 Å². The SMILES string of the molecule is C=C[C@@]1(C)C[C@H]2OC(=O)C(=C)[C@H]2C[C@@H]1C(=C)C. The van der Waals surface area contributed by atoms with Gasteiger partial charge < -0.3 is 4.74 Å². The molecule has 1 saturated heterocycles. The molecule has 2 rings (SSSR count). The zero-order chi connectivity index (χ0) is 12.8. The maximum Gasteiger partial charge on any atom is 0.334 e. The molecule has 17 heavy (non-hydrogen) atoms. The number of rotatable bonds is 2. The summed E-state index contributed by atoms with van der Waals surface area (Å²) >= 11 is 0. The van der Waals surface area contributed by atoms with E-state index in [4.69, 9.17) is 4.74 Å². The zero-order valence-corrected chi connectivity index (χ0v) is 10.7. The van der Waals surface area contributed by atoms with Gasteiger partial charge in [0.05, 0.1) is 0 Å². The molecule has 0 N–H and O–H groups in total. The number of fused-ring (bicyclic) bond motifs is 1. The molecule has 0 radical (unpaired) electrons. The van der Waals surface area contributed by atoms with Gasteiger partial charge >= 0.3 is 5.97 Å². The van der Waals surface area contributed by atoms with Crippen LogP contribution in [0.3, 0.4) is 0 Å². The fourth-order valence-electron chi connectivity index (χ4n) is 3.24. The van der Waals surface area contributed by atoms with Gasteiger partial charge in [-0.3, -0.25) is 0 Å². The van der Waals surface area contributed by atoms with E-state index >= 15 is 0 Å². The van der Waals surface area contributed by atoms with Crippen LogP contribution >= 0.6 is 0 Å². The summed E-state index contributed by atoms with van der Waals surface area (Å²) in [5.41, 5.74) is 1.75. The Morgan fingerprint density at radius 3 is 2.76 bits per heavy atom. The monoisotopic (exact) mass is 232 g/mol. The van der Waals surface area contributed by atoms with Crippen molar-refractivity contribution in [1.82, 2.24) is 0 Å². The van der Waals surface area contributed by atoms with E-state index in [9.17, 15) is 4.79 Å². The molecule has 1 saturated carbocycles. The molecule has 2 aliphatic rings. The van der Waals surface area contributed by atoms with Gasteiger partial charge in [-0.2, -0.15) is 0 Å². The van der Waals surface area contributed by atoms with Crippen LogP contribution in [-0.2, 0) is 9.53 Å². The van der Waals surface area contributed by atoms with Crippen LogP contribution in [0.25, 0.3) is 0 Å². The molecule has 0 amide bonds. The molecule has 4 atom stereocenters. The third kappa shape index (κ3) is 1.76. The first-order chi connectivity index (χ1) is 7.89. The van der Waals surface area contributed by atoms with Crippen molar-refractivity contribution >= 4 is 5.97 Å². The van der Waals surface area contributed by atoms with Gasteiger partial charge in [0, 0.05) is 11.5 Å². The second-order valence-corrected chi connectivity index (χ2v) is 5.62. The third-order valence-corrected chi connectivity index (χ3v) is 4.40. The lowest BCUT2D eigenvalue weighted by atomic mass is 9.61. The molecule has 2 nitrogen and oxygen atoms in total. The van der Waals surface area contributed by atoms with Crippen molar-refractivity contribution in [2.75, 3.05) is 0 Å². The number of hydrogen-bond donors (Lipinski definition) is 0. The fourth-order valence-corrected chi connectivity index (χ4v) is 3.24. The number of ether oxygens (including phenoxy) is 1. The van der Waals surface area contributed by atoms with Gasteiger partial charge in [-0.1, -0.05) is 31.7 Å². The van der Waals surface area contributed by atoms with E-state index in [1.54, 1.807) is 0 Å². The first-order valence-corrected chi connectivity index (χ1v) is 6.08. The molecule has 1 aliphatic carbocycles. The summed E-state index contributed by atoms with van der Waals surface area (Å²) in [5, 5.41) is 0. The van der Waals surface area contributed by atoms with Gasteiger partial charge in [-0.25, -0.2) is 4.79 Å². The molecular formula is C15H20O2. The predicted molar refractivity (Wildman–Crippen MR) is 68.4 cm³/mol. The van der Waals surface area contributed by atoms with Crippen molar-refractivity contribution in [2.24, 2.45) is 17.3 Å². The Morgan fingerprint density at radius 2 is 2.24 bits per heavy atom. The highest BCUT2D eigenvalue weighted by molar-refractivity contribution is 5.90. The first-order valence-electron chi connectivity index (χ1n) is 6.08. The Balaban J connectivity index is 2.32. The molecule has 0 bridgehead atoms. The van der Waals surface area contributed by atoms with E-state index in [0.29, 0.717) is 11.5 Å². The molecule has 2 fully saturated rings. The standard InChI is InChI=1S/C15H20O2/c1-6-15(5)8-13-11(7-12(15)9(2)3)10(4)14(16)17-13/h6,11-13H,1-2,4,7-8H2,3,5H3/t11-,12-,13-,15+/m1/s1. The highest BCUT2D eigenvalue weighted by atomic mass is 16.6. The van der Waals surface area contributed by atoms with Gasteiger partial charge in [0.25, 0.3) is 0 Å². The van der Waals surface area contributed by atoms with E-state index in [-0.39, 0.29) is 23.4 Å². The second-order valence-electron chi connectivity index (χ2n) is 5.62. The van der Waals surface area contributed by atoms with Gasteiger partial charge in [-0.05, 0) is 31.1 Å². The van der Waals surface area contributed by atoms with E-state index in [2.05, 4.69) is 26.7 Å². The van der Waals surface area contributed by atoms with Crippen LogP contribution in [0, 0.1) is 17.3 Å². The summed E-state index contributed by atoms with van der Waals surface area (Å²) in [6, 6.07) is 0. The number of carbonyl (C=O) groups is 1.